The number of nitro groups is 1. The van der Waals surface area contributed by atoms with Crippen LogP contribution in [0, 0.1) is 10.1 Å². The molecule has 0 bridgehead atoms. The maximum atomic E-state index is 12.5. The van der Waals surface area contributed by atoms with Crippen LogP contribution in [-0.4, -0.2) is 36.3 Å². The first-order valence-electron chi connectivity index (χ1n) is 14.0. The molecule has 258 valence electrons. The van der Waals surface area contributed by atoms with Gasteiger partial charge < -0.3 is 20.2 Å². The average molecular weight is 701 g/mol. The minimum absolute atomic E-state index is 0.110. The quantitative estimate of drug-likeness (QED) is 0.0809. The summed E-state index contributed by atoms with van der Waals surface area (Å²) >= 11 is 0. The Kier molecular flexibility index (Phi) is 9.55. The number of benzene rings is 4. The minimum Gasteiger partial charge on any atom is -0.406 e. The first-order chi connectivity index (χ1) is 23.6. The lowest BCUT2D eigenvalue weighted by Gasteiger charge is -2.11. The fraction of sp³-hybridized carbons (Fsp3) is 0.0625. The summed E-state index contributed by atoms with van der Waals surface area (Å²) in [5.41, 5.74) is 7.67. The summed E-state index contributed by atoms with van der Waals surface area (Å²) in [5.74, 6) is -0.757. The first-order valence-corrected chi connectivity index (χ1v) is 14.0. The minimum atomic E-state index is -4.79. The van der Waals surface area contributed by atoms with Crippen LogP contribution in [0.4, 0.5) is 37.7 Å². The van der Waals surface area contributed by atoms with Crippen molar-refractivity contribution >= 4 is 11.4 Å². The van der Waals surface area contributed by atoms with Crippen LogP contribution in [0.25, 0.3) is 28.3 Å². The molecule has 2 heterocycles. The number of alkyl halides is 6. The molecule has 0 aliphatic heterocycles. The van der Waals surface area contributed by atoms with Gasteiger partial charge >= 0.3 is 24.1 Å². The zero-order valence-electron chi connectivity index (χ0n) is 25.1. The number of nitrogens with one attached hydrogen (secondary N) is 1. The third-order valence-corrected chi connectivity index (χ3v) is 6.78. The molecule has 50 heavy (non-hydrogen) atoms. The molecule has 18 heteroatoms. The van der Waals surface area contributed by atoms with E-state index in [-0.39, 0.29) is 11.4 Å². The normalized spacial score (nSPS) is 11.4. The maximum absolute atomic E-state index is 12.5. The number of H-pyrrole nitrogens is 1. The van der Waals surface area contributed by atoms with Crippen LogP contribution in [-0.2, 0) is 0 Å². The SMILES string of the molecule is Nc1ccc(-c2c[nH]c(=O)n2-c2ccc(OC(F)(F)F)cc2)cc1.O=c1n(-c2ccc(OC(F)(F)F)cc2)ccn1-c1ccc([N+](=O)[O-])cc1. The second-order valence-corrected chi connectivity index (χ2v) is 10.1. The Bertz CT molecular complexity index is 2200. The van der Waals surface area contributed by atoms with Crippen molar-refractivity contribution in [1.82, 2.24) is 18.7 Å². The van der Waals surface area contributed by atoms with Gasteiger partial charge in [0.1, 0.15) is 11.5 Å². The number of hydrogen-bond donors (Lipinski definition) is 2. The number of aromatic nitrogens is 4. The Hall–Kier alpha value is -6.72. The number of nitrogens with two attached hydrogens (primary N) is 1. The van der Waals surface area contributed by atoms with Gasteiger partial charge in [-0.3, -0.25) is 23.8 Å². The van der Waals surface area contributed by atoms with E-state index in [0.29, 0.717) is 28.4 Å². The van der Waals surface area contributed by atoms with Crippen molar-refractivity contribution in [1.29, 1.82) is 0 Å². The van der Waals surface area contributed by atoms with Crippen molar-refractivity contribution in [2.24, 2.45) is 0 Å². The van der Waals surface area contributed by atoms with Crippen molar-refractivity contribution in [3.05, 3.63) is 147 Å². The molecule has 12 nitrogen and oxygen atoms in total. The Labute approximate surface area is 275 Å². The Morgan fingerprint density at radius 1 is 0.660 bits per heavy atom. The number of nitrogens with zero attached hydrogens (tertiary/aromatic N) is 4. The summed E-state index contributed by atoms with van der Waals surface area (Å²) in [4.78, 5) is 37.2. The van der Waals surface area contributed by atoms with Gasteiger partial charge in [0.2, 0.25) is 0 Å². The molecular formula is C32H22F6N6O6. The Morgan fingerprint density at radius 3 is 1.54 bits per heavy atom. The molecule has 0 atom stereocenters. The van der Waals surface area contributed by atoms with Gasteiger partial charge in [-0.25, -0.2) is 9.59 Å². The summed E-state index contributed by atoms with van der Waals surface area (Å²) in [6.07, 6.45) is -5.15. The number of rotatable bonds is 7. The van der Waals surface area contributed by atoms with E-state index >= 15 is 0 Å². The van der Waals surface area contributed by atoms with Gasteiger partial charge in [0.05, 0.1) is 27.7 Å². The van der Waals surface area contributed by atoms with Crippen LogP contribution in [0.2, 0.25) is 0 Å². The van der Waals surface area contributed by atoms with Gasteiger partial charge in [0.15, 0.2) is 0 Å². The van der Waals surface area contributed by atoms with Gasteiger partial charge in [0.25, 0.3) is 5.69 Å². The van der Waals surface area contributed by atoms with E-state index in [1.165, 1.54) is 80.8 Å². The third kappa shape index (κ3) is 8.40. The molecule has 6 aromatic rings. The fourth-order valence-corrected chi connectivity index (χ4v) is 4.60. The van der Waals surface area contributed by atoms with Crippen LogP contribution in [0.5, 0.6) is 11.5 Å². The van der Waals surface area contributed by atoms with E-state index in [0.717, 1.165) is 29.8 Å². The number of halogens is 6. The highest BCUT2D eigenvalue weighted by Crippen LogP contribution is 2.27. The standard InChI is InChI=1S/C16H10F3N3O4.C16H12F3N3O2/c17-16(18,19)26-14-7-5-12(6-8-14)21-10-9-20(15(21)23)11-1-3-13(4-2-11)22(24)25;17-16(18,19)24-13-7-5-12(6-8-13)22-14(9-21-15(22)23)10-1-3-11(20)4-2-10/h1-10H;1-9H,20H2,(H,21,23). The predicted molar refractivity (Wildman–Crippen MR) is 168 cm³/mol. The third-order valence-electron chi connectivity index (χ3n) is 6.78. The molecule has 0 spiro atoms. The largest absolute Gasteiger partial charge is 0.573 e. The molecule has 6 rings (SSSR count). The number of anilines is 1. The van der Waals surface area contributed by atoms with E-state index in [4.69, 9.17) is 5.73 Å². The highest BCUT2D eigenvalue weighted by Gasteiger charge is 2.31. The molecule has 3 N–H and O–H groups in total. The van der Waals surface area contributed by atoms with Crippen LogP contribution >= 0.6 is 0 Å². The molecule has 0 saturated heterocycles. The topological polar surface area (TPSA) is 152 Å². The van der Waals surface area contributed by atoms with E-state index in [2.05, 4.69) is 14.5 Å². The highest BCUT2D eigenvalue weighted by atomic mass is 19.4. The molecule has 0 radical (unpaired) electrons. The summed E-state index contributed by atoms with van der Waals surface area (Å²) in [5, 5.41) is 10.7. The molecule has 0 aliphatic carbocycles. The van der Waals surface area contributed by atoms with E-state index in [1.54, 1.807) is 24.3 Å². The summed E-state index contributed by atoms with van der Waals surface area (Å²) in [6.45, 7) is 0. The highest BCUT2D eigenvalue weighted by molar-refractivity contribution is 5.64. The van der Waals surface area contributed by atoms with Crippen molar-refractivity contribution in [3.63, 3.8) is 0 Å². The lowest BCUT2D eigenvalue weighted by atomic mass is 10.1. The van der Waals surface area contributed by atoms with Gasteiger partial charge in [0, 0.05) is 42.0 Å². The molecule has 4 aromatic carbocycles. The van der Waals surface area contributed by atoms with Crippen molar-refractivity contribution in [2.75, 3.05) is 5.73 Å². The molecule has 0 fully saturated rings. The lowest BCUT2D eigenvalue weighted by Crippen LogP contribution is -2.21. The molecular weight excluding hydrogens is 678 g/mol. The van der Waals surface area contributed by atoms with E-state index < -0.39 is 34.8 Å². The Morgan fingerprint density at radius 2 is 1.10 bits per heavy atom. The fourth-order valence-electron chi connectivity index (χ4n) is 4.60. The molecule has 0 saturated carbocycles. The van der Waals surface area contributed by atoms with Gasteiger partial charge in [-0.05, 0) is 72.8 Å². The second kappa shape index (κ2) is 13.8. The zero-order chi connectivity index (χ0) is 36.2. The van der Waals surface area contributed by atoms with Crippen molar-refractivity contribution in [2.45, 2.75) is 12.7 Å². The van der Waals surface area contributed by atoms with Crippen LogP contribution in [0.15, 0.2) is 125 Å². The van der Waals surface area contributed by atoms with Gasteiger partial charge in [-0.2, -0.15) is 0 Å². The zero-order valence-corrected chi connectivity index (χ0v) is 25.1. The molecule has 2 aromatic heterocycles. The second-order valence-electron chi connectivity index (χ2n) is 10.1. The van der Waals surface area contributed by atoms with Crippen LogP contribution < -0.4 is 26.6 Å². The molecule has 0 unspecified atom stereocenters. The number of ether oxygens (including phenoxy) is 2. The summed E-state index contributed by atoms with van der Waals surface area (Å²) in [6, 6.07) is 22.1. The van der Waals surface area contributed by atoms with Crippen molar-refractivity contribution < 1.29 is 40.7 Å². The smallest absolute Gasteiger partial charge is 0.406 e. The number of aromatic amines is 1. The number of nitro benzene ring substituents is 1. The van der Waals surface area contributed by atoms with E-state index in [1.807, 2.05) is 0 Å². The van der Waals surface area contributed by atoms with Gasteiger partial charge in [-0.15, -0.1) is 26.3 Å². The lowest BCUT2D eigenvalue weighted by molar-refractivity contribution is -0.384. The van der Waals surface area contributed by atoms with Crippen molar-refractivity contribution in [3.8, 4) is 39.8 Å². The monoisotopic (exact) mass is 700 g/mol. The Balaban J connectivity index is 0.000000195. The first kappa shape index (κ1) is 34.6. The van der Waals surface area contributed by atoms with Gasteiger partial charge in [-0.1, -0.05) is 12.1 Å². The van der Waals surface area contributed by atoms with Crippen LogP contribution in [0.3, 0.4) is 0 Å². The number of non-ortho nitro benzene ring substituents is 1. The molecule has 0 amide bonds. The predicted octanol–water partition coefficient (Wildman–Crippen LogP) is 6.75. The summed E-state index contributed by atoms with van der Waals surface area (Å²) in [7, 11) is 0. The van der Waals surface area contributed by atoms with Crippen LogP contribution in [0.1, 0.15) is 0 Å². The number of nitrogen functional groups attached to an aromatic ring is 1. The summed E-state index contributed by atoms with van der Waals surface area (Å²) < 4.78 is 84.6. The number of hydrogen-bond acceptors (Lipinski definition) is 7. The average Bonchev–Trinajstić information content (AvgIpc) is 3.63. The van der Waals surface area contributed by atoms with E-state index in [9.17, 15) is 46.0 Å². The number of imidazole rings is 2. The maximum Gasteiger partial charge on any atom is 0.573 e. The molecule has 0 aliphatic rings.